The highest BCUT2D eigenvalue weighted by Crippen LogP contribution is 2.22. The highest BCUT2D eigenvalue weighted by atomic mass is 32.1. The van der Waals surface area contributed by atoms with Gasteiger partial charge in [0.05, 0.1) is 11.6 Å². The third kappa shape index (κ3) is 4.11. The number of aryl methyl sites for hydroxylation is 3. The molecule has 0 spiro atoms. The number of thiophene rings is 1. The van der Waals surface area contributed by atoms with Crippen molar-refractivity contribution in [3.63, 3.8) is 0 Å². The van der Waals surface area contributed by atoms with Gasteiger partial charge in [-0.25, -0.2) is 0 Å². The van der Waals surface area contributed by atoms with Crippen LogP contribution in [0.4, 0.5) is 5.69 Å². The fourth-order valence-corrected chi connectivity index (χ4v) is 3.24. The molecule has 0 saturated carbocycles. The van der Waals surface area contributed by atoms with Crippen molar-refractivity contribution in [1.29, 1.82) is 5.26 Å². The summed E-state index contributed by atoms with van der Waals surface area (Å²) in [5, 5.41) is 12.1. The molecule has 0 saturated heterocycles. The molecule has 0 fully saturated rings. The molecule has 1 aromatic carbocycles. The first kappa shape index (κ1) is 14.6. The lowest BCUT2D eigenvalue weighted by atomic mass is 10.1. The Hall–Kier alpha value is -1.79. The van der Waals surface area contributed by atoms with E-state index < -0.39 is 0 Å². The van der Waals surface area contributed by atoms with Crippen LogP contribution in [-0.2, 0) is 6.42 Å². The first-order chi connectivity index (χ1) is 9.69. The van der Waals surface area contributed by atoms with E-state index in [2.05, 4.69) is 31.3 Å². The summed E-state index contributed by atoms with van der Waals surface area (Å²) in [6.07, 6.45) is 3.54. The Bertz CT molecular complexity index is 590. The molecule has 0 aliphatic carbocycles. The van der Waals surface area contributed by atoms with Gasteiger partial charge in [0.2, 0.25) is 0 Å². The van der Waals surface area contributed by atoms with Gasteiger partial charge in [0.1, 0.15) is 0 Å². The number of nitrogens with zero attached hydrogens (tertiary/aromatic N) is 1. The second kappa shape index (κ2) is 7.12. The van der Waals surface area contributed by atoms with E-state index in [0.29, 0.717) is 5.56 Å². The first-order valence-corrected chi connectivity index (χ1v) is 7.80. The Labute approximate surface area is 125 Å². The smallest absolute Gasteiger partial charge is 0.0991 e. The Morgan fingerprint density at radius 1 is 1.15 bits per heavy atom. The van der Waals surface area contributed by atoms with Gasteiger partial charge >= 0.3 is 0 Å². The van der Waals surface area contributed by atoms with Gasteiger partial charge in [-0.2, -0.15) is 5.26 Å². The molecule has 20 heavy (non-hydrogen) atoms. The molecule has 0 amide bonds. The van der Waals surface area contributed by atoms with Gasteiger partial charge in [0, 0.05) is 22.0 Å². The summed E-state index contributed by atoms with van der Waals surface area (Å²) < 4.78 is 0. The molecule has 0 aliphatic rings. The van der Waals surface area contributed by atoms with E-state index in [1.165, 1.54) is 28.2 Å². The van der Waals surface area contributed by atoms with Gasteiger partial charge in [-0.3, -0.25) is 0 Å². The lowest BCUT2D eigenvalue weighted by Crippen LogP contribution is -2.02. The summed E-state index contributed by atoms with van der Waals surface area (Å²) in [6, 6.07) is 12.1. The van der Waals surface area contributed by atoms with E-state index in [4.69, 9.17) is 5.26 Å². The molecule has 3 heteroatoms. The van der Waals surface area contributed by atoms with Crippen LogP contribution in [0.3, 0.4) is 0 Å². The van der Waals surface area contributed by atoms with Crippen molar-refractivity contribution in [2.45, 2.75) is 33.1 Å². The summed E-state index contributed by atoms with van der Waals surface area (Å²) in [4.78, 5) is 2.87. The second-order valence-corrected chi connectivity index (χ2v) is 6.47. The average Bonchev–Trinajstić information content (AvgIpc) is 2.77. The Morgan fingerprint density at radius 3 is 2.50 bits per heavy atom. The molecule has 1 N–H and O–H groups in total. The predicted octanol–water partition coefficient (Wildman–Crippen LogP) is 4.67. The fraction of sp³-hybridized carbons (Fsp3) is 0.353. The third-order valence-corrected chi connectivity index (χ3v) is 4.37. The highest BCUT2D eigenvalue weighted by Gasteiger charge is 2.02. The molecule has 2 aromatic rings. The molecule has 0 aliphatic heterocycles. The molecule has 2 nitrogen and oxygen atoms in total. The topological polar surface area (TPSA) is 35.8 Å². The van der Waals surface area contributed by atoms with Crippen molar-refractivity contribution in [3.8, 4) is 6.07 Å². The molecule has 1 heterocycles. The summed E-state index contributed by atoms with van der Waals surface area (Å²) in [7, 11) is 0. The summed E-state index contributed by atoms with van der Waals surface area (Å²) in [5.41, 5.74) is 3.30. The maximum Gasteiger partial charge on any atom is 0.0991 e. The van der Waals surface area contributed by atoms with Crippen LogP contribution in [0.15, 0.2) is 30.3 Å². The van der Waals surface area contributed by atoms with Crippen LogP contribution >= 0.6 is 11.3 Å². The van der Waals surface area contributed by atoms with E-state index in [9.17, 15) is 0 Å². The zero-order valence-electron chi connectivity index (χ0n) is 12.1. The van der Waals surface area contributed by atoms with Crippen molar-refractivity contribution >= 4 is 17.0 Å². The van der Waals surface area contributed by atoms with Crippen molar-refractivity contribution in [1.82, 2.24) is 0 Å². The molecule has 2 rings (SSSR count). The van der Waals surface area contributed by atoms with Gasteiger partial charge in [0.15, 0.2) is 0 Å². The van der Waals surface area contributed by atoms with Crippen molar-refractivity contribution in [2.24, 2.45) is 0 Å². The maximum absolute atomic E-state index is 8.74. The SMILES string of the molecule is Cc1cc(CCCCNc2ccc(C#N)cc2)c(C)s1. The Kier molecular flexibility index (Phi) is 5.20. The maximum atomic E-state index is 8.74. The third-order valence-electron chi connectivity index (χ3n) is 3.36. The average molecular weight is 284 g/mol. The normalized spacial score (nSPS) is 10.2. The predicted molar refractivity (Wildman–Crippen MR) is 86.4 cm³/mol. The summed E-state index contributed by atoms with van der Waals surface area (Å²) in [6.45, 7) is 5.36. The minimum absolute atomic E-state index is 0.707. The summed E-state index contributed by atoms with van der Waals surface area (Å²) >= 11 is 1.89. The van der Waals surface area contributed by atoms with E-state index in [1.807, 2.05) is 35.6 Å². The number of unbranched alkanes of at least 4 members (excludes halogenated alkanes) is 1. The summed E-state index contributed by atoms with van der Waals surface area (Å²) in [5.74, 6) is 0. The minimum Gasteiger partial charge on any atom is -0.385 e. The molecule has 1 aromatic heterocycles. The quantitative estimate of drug-likeness (QED) is 0.782. The van der Waals surface area contributed by atoms with E-state index >= 15 is 0 Å². The van der Waals surface area contributed by atoms with Gasteiger partial charge in [0.25, 0.3) is 0 Å². The lowest BCUT2D eigenvalue weighted by Gasteiger charge is -2.06. The largest absolute Gasteiger partial charge is 0.385 e. The number of hydrogen-bond donors (Lipinski definition) is 1. The number of anilines is 1. The molecule has 0 bridgehead atoms. The Balaban J connectivity index is 1.69. The van der Waals surface area contributed by atoms with Crippen molar-refractivity contribution < 1.29 is 0 Å². The van der Waals surface area contributed by atoms with E-state index in [0.717, 1.165) is 18.7 Å². The number of nitrogens with one attached hydrogen (secondary N) is 1. The van der Waals surface area contributed by atoms with Crippen LogP contribution < -0.4 is 5.32 Å². The van der Waals surface area contributed by atoms with Crippen LogP contribution in [0.2, 0.25) is 0 Å². The lowest BCUT2D eigenvalue weighted by molar-refractivity contribution is 0.762. The second-order valence-electron chi connectivity index (χ2n) is 5.01. The van der Waals surface area contributed by atoms with E-state index in [1.54, 1.807) is 0 Å². The van der Waals surface area contributed by atoms with Crippen LogP contribution in [-0.4, -0.2) is 6.54 Å². The molecule has 0 unspecified atom stereocenters. The zero-order chi connectivity index (χ0) is 14.4. The van der Waals surface area contributed by atoms with Crippen LogP contribution in [0.1, 0.15) is 33.7 Å². The Morgan fingerprint density at radius 2 is 1.90 bits per heavy atom. The number of rotatable bonds is 6. The molecule has 0 radical (unpaired) electrons. The number of benzene rings is 1. The fourth-order valence-electron chi connectivity index (χ4n) is 2.27. The standard InChI is InChI=1S/C17H20N2S/c1-13-11-16(14(2)20-13)5-3-4-10-19-17-8-6-15(12-18)7-9-17/h6-9,11,19H,3-5,10H2,1-2H3. The van der Waals surface area contributed by atoms with Crippen LogP contribution in [0, 0.1) is 25.2 Å². The van der Waals surface area contributed by atoms with Gasteiger partial charge in [-0.1, -0.05) is 0 Å². The van der Waals surface area contributed by atoms with Crippen molar-refractivity contribution in [2.75, 3.05) is 11.9 Å². The van der Waals surface area contributed by atoms with Crippen LogP contribution in [0.5, 0.6) is 0 Å². The van der Waals surface area contributed by atoms with Crippen LogP contribution in [0.25, 0.3) is 0 Å². The zero-order valence-corrected chi connectivity index (χ0v) is 12.9. The van der Waals surface area contributed by atoms with E-state index in [-0.39, 0.29) is 0 Å². The molecule has 104 valence electrons. The molecule has 0 atom stereocenters. The molecular formula is C17H20N2S. The number of nitriles is 1. The highest BCUT2D eigenvalue weighted by molar-refractivity contribution is 7.12. The monoisotopic (exact) mass is 284 g/mol. The van der Waals surface area contributed by atoms with Gasteiger partial charge in [-0.05, 0) is 69.0 Å². The number of hydrogen-bond acceptors (Lipinski definition) is 3. The van der Waals surface area contributed by atoms with Gasteiger partial charge in [-0.15, -0.1) is 11.3 Å². The van der Waals surface area contributed by atoms with Crippen molar-refractivity contribution in [3.05, 3.63) is 51.2 Å². The minimum atomic E-state index is 0.707. The van der Waals surface area contributed by atoms with Gasteiger partial charge < -0.3 is 5.32 Å². The molecular weight excluding hydrogens is 264 g/mol. The first-order valence-electron chi connectivity index (χ1n) is 6.99.